The summed E-state index contributed by atoms with van der Waals surface area (Å²) in [5.41, 5.74) is 0.105. The Morgan fingerprint density at radius 1 is 1.43 bits per heavy atom. The van der Waals surface area contributed by atoms with Crippen molar-refractivity contribution in [1.29, 1.82) is 0 Å². The smallest absolute Gasteiger partial charge is 0.202 e. The maximum atomic E-state index is 4.44. The second-order valence-electron chi connectivity index (χ2n) is 4.47. The lowest BCUT2D eigenvalue weighted by atomic mass is 10.0. The number of hydrogen-bond acceptors (Lipinski definition) is 4. The van der Waals surface area contributed by atoms with Gasteiger partial charge in [-0.15, -0.1) is 0 Å². The molecule has 80 valence electrons. The maximum absolute atomic E-state index is 4.44. The highest BCUT2D eigenvalue weighted by atomic mass is 32.1. The second-order valence-corrected chi connectivity index (χ2v) is 5.23. The van der Waals surface area contributed by atoms with Gasteiger partial charge in [0, 0.05) is 23.0 Å². The molecule has 0 aliphatic carbocycles. The summed E-state index contributed by atoms with van der Waals surface area (Å²) in [4.78, 5) is 4.44. The van der Waals surface area contributed by atoms with Crippen LogP contribution in [-0.2, 0) is 0 Å². The Balaban J connectivity index is 2.69. The first kappa shape index (κ1) is 11.4. The SMILES string of the molecule is CCC(C)(C)Nc1nc(C(C)C)ns1. The first-order chi connectivity index (χ1) is 6.44. The molecule has 0 saturated heterocycles. The van der Waals surface area contributed by atoms with Crippen LogP contribution in [0.15, 0.2) is 0 Å². The van der Waals surface area contributed by atoms with Gasteiger partial charge in [0.25, 0.3) is 0 Å². The fourth-order valence-corrected chi connectivity index (χ4v) is 1.79. The Morgan fingerprint density at radius 2 is 2.07 bits per heavy atom. The van der Waals surface area contributed by atoms with E-state index >= 15 is 0 Å². The van der Waals surface area contributed by atoms with Gasteiger partial charge in [-0.3, -0.25) is 0 Å². The van der Waals surface area contributed by atoms with Crippen LogP contribution in [0.3, 0.4) is 0 Å². The highest BCUT2D eigenvalue weighted by Gasteiger charge is 2.17. The van der Waals surface area contributed by atoms with Crippen LogP contribution in [0.25, 0.3) is 0 Å². The third-order valence-corrected chi connectivity index (χ3v) is 2.93. The zero-order chi connectivity index (χ0) is 10.8. The van der Waals surface area contributed by atoms with E-state index in [1.54, 1.807) is 0 Å². The third-order valence-electron chi connectivity index (χ3n) is 2.29. The molecule has 0 bridgehead atoms. The Bertz CT molecular complexity index is 291. The van der Waals surface area contributed by atoms with E-state index in [0.29, 0.717) is 5.92 Å². The number of aromatic nitrogens is 2. The van der Waals surface area contributed by atoms with Crippen molar-refractivity contribution in [3.8, 4) is 0 Å². The molecule has 0 radical (unpaired) electrons. The molecule has 14 heavy (non-hydrogen) atoms. The van der Waals surface area contributed by atoms with Crippen LogP contribution in [0, 0.1) is 0 Å². The first-order valence-corrected chi connectivity index (χ1v) is 5.83. The van der Waals surface area contributed by atoms with E-state index in [2.05, 4.69) is 49.3 Å². The molecule has 0 aliphatic rings. The zero-order valence-electron chi connectivity index (χ0n) is 9.59. The molecule has 0 aliphatic heterocycles. The summed E-state index contributed by atoms with van der Waals surface area (Å²) in [6, 6.07) is 0. The van der Waals surface area contributed by atoms with Crippen molar-refractivity contribution < 1.29 is 0 Å². The molecule has 0 unspecified atom stereocenters. The highest BCUT2D eigenvalue weighted by Crippen LogP contribution is 2.22. The summed E-state index contributed by atoms with van der Waals surface area (Å²) >= 11 is 1.45. The van der Waals surface area contributed by atoms with Crippen molar-refractivity contribution in [3.63, 3.8) is 0 Å². The number of hydrogen-bond donors (Lipinski definition) is 1. The summed E-state index contributed by atoms with van der Waals surface area (Å²) in [7, 11) is 0. The zero-order valence-corrected chi connectivity index (χ0v) is 10.4. The van der Waals surface area contributed by atoms with Crippen molar-refractivity contribution >= 4 is 16.7 Å². The molecule has 0 aromatic carbocycles. The molecule has 1 rings (SSSR count). The normalized spacial score (nSPS) is 12.1. The van der Waals surface area contributed by atoms with E-state index in [4.69, 9.17) is 0 Å². The monoisotopic (exact) mass is 213 g/mol. The second kappa shape index (κ2) is 4.26. The predicted octanol–water partition coefficient (Wildman–Crippen LogP) is 3.26. The van der Waals surface area contributed by atoms with Crippen molar-refractivity contribution in [3.05, 3.63) is 5.82 Å². The number of nitrogens with one attached hydrogen (secondary N) is 1. The topological polar surface area (TPSA) is 37.8 Å². The van der Waals surface area contributed by atoms with E-state index in [-0.39, 0.29) is 5.54 Å². The summed E-state index contributed by atoms with van der Waals surface area (Å²) < 4.78 is 4.30. The molecule has 0 atom stereocenters. The van der Waals surface area contributed by atoms with Crippen LogP contribution < -0.4 is 5.32 Å². The minimum absolute atomic E-state index is 0.105. The molecule has 0 fully saturated rings. The minimum Gasteiger partial charge on any atom is -0.355 e. The molecule has 0 saturated carbocycles. The van der Waals surface area contributed by atoms with Crippen LogP contribution >= 0.6 is 11.5 Å². The molecule has 1 N–H and O–H groups in total. The van der Waals surface area contributed by atoms with Gasteiger partial charge in [0.15, 0.2) is 0 Å². The van der Waals surface area contributed by atoms with Gasteiger partial charge >= 0.3 is 0 Å². The average Bonchev–Trinajstić information content (AvgIpc) is 2.52. The van der Waals surface area contributed by atoms with Gasteiger partial charge < -0.3 is 5.32 Å². The van der Waals surface area contributed by atoms with Gasteiger partial charge in [0.1, 0.15) is 5.82 Å². The lowest BCUT2D eigenvalue weighted by molar-refractivity contribution is 0.546. The van der Waals surface area contributed by atoms with E-state index < -0.39 is 0 Å². The van der Waals surface area contributed by atoms with Crippen molar-refractivity contribution in [1.82, 2.24) is 9.36 Å². The predicted molar refractivity (Wildman–Crippen MR) is 62.0 cm³/mol. The van der Waals surface area contributed by atoms with Crippen LogP contribution in [-0.4, -0.2) is 14.9 Å². The van der Waals surface area contributed by atoms with E-state index in [0.717, 1.165) is 17.4 Å². The summed E-state index contributed by atoms with van der Waals surface area (Å²) in [5, 5.41) is 4.32. The van der Waals surface area contributed by atoms with Crippen LogP contribution in [0.4, 0.5) is 5.13 Å². The van der Waals surface area contributed by atoms with Gasteiger partial charge in [-0.05, 0) is 20.3 Å². The van der Waals surface area contributed by atoms with Gasteiger partial charge in [-0.1, -0.05) is 20.8 Å². The molecular formula is C10H19N3S. The molecule has 1 aromatic heterocycles. The van der Waals surface area contributed by atoms with Crippen LogP contribution in [0.5, 0.6) is 0 Å². The molecular weight excluding hydrogens is 194 g/mol. The lowest BCUT2D eigenvalue weighted by Gasteiger charge is -2.23. The lowest BCUT2D eigenvalue weighted by Crippen LogP contribution is -2.29. The Hall–Kier alpha value is -0.640. The van der Waals surface area contributed by atoms with Crippen molar-refractivity contribution in [2.24, 2.45) is 0 Å². The Kier molecular flexibility index (Phi) is 3.48. The summed E-state index contributed by atoms with van der Waals surface area (Å²) in [6.45, 7) is 10.7. The largest absolute Gasteiger partial charge is 0.355 e. The minimum atomic E-state index is 0.105. The van der Waals surface area contributed by atoms with Gasteiger partial charge in [-0.25, -0.2) is 4.98 Å². The summed E-state index contributed by atoms with van der Waals surface area (Å²) in [5.74, 6) is 1.34. The van der Waals surface area contributed by atoms with Crippen LogP contribution in [0.1, 0.15) is 52.8 Å². The van der Waals surface area contributed by atoms with Crippen LogP contribution in [0.2, 0.25) is 0 Å². The molecule has 1 aromatic rings. The van der Waals surface area contributed by atoms with E-state index in [9.17, 15) is 0 Å². The number of anilines is 1. The first-order valence-electron chi connectivity index (χ1n) is 5.06. The molecule has 3 nitrogen and oxygen atoms in total. The Labute approximate surface area is 90.1 Å². The maximum Gasteiger partial charge on any atom is 0.202 e. The fourth-order valence-electron chi connectivity index (χ4n) is 0.898. The average molecular weight is 213 g/mol. The van der Waals surface area contributed by atoms with Gasteiger partial charge in [0.2, 0.25) is 5.13 Å². The molecule has 4 heteroatoms. The number of nitrogens with zero attached hydrogens (tertiary/aromatic N) is 2. The standard InChI is InChI=1S/C10H19N3S/c1-6-10(4,5)12-9-11-8(7(2)3)13-14-9/h7H,6H2,1-5H3,(H,11,12,13). The Morgan fingerprint density at radius 3 is 2.50 bits per heavy atom. The fraction of sp³-hybridized carbons (Fsp3) is 0.800. The van der Waals surface area contributed by atoms with Crippen molar-refractivity contribution in [2.45, 2.75) is 52.5 Å². The molecule has 0 amide bonds. The number of rotatable bonds is 4. The van der Waals surface area contributed by atoms with E-state index in [1.807, 2.05) is 0 Å². The van der Waals surface area contributed by atoms with Crippen molar-refractivity contribution in [2.75, 3.05) is 5.32 Å². The quantitative estimate of drug-likeness (QED) is 0.834. The van der Waals surface area contributed by atoms with Gasteiger partial charge in [0.05, 0.1) is 0 Å². The molecule has 0 spiro atoms. The highest BCUT2D eigenvalue weighted by molar-refractivity contribution is 7.09. The third kappa shape index (κ3) is 2.94. The van der Waals surface area contributed by atoms with Gasteiger partial charge in [-0.2, -0.15) is 4.37 Å². The van der Waals surface area contributed by atoms with E-state index in [1.165, 1.54) is 11.5 Å². The summed E-state index contributed by atoms with van der Waals surface area (Å²) in [6.07, 6.45) is 1.07. The molecule has 1 heterocycles.